The Morgan fingerprint density at radius 1 is 1.14 bits per heavy atom. The van der Waals surface area contributed by atoms with E-state index in [1.54, 1.807) is 30.8 Å². The molecule has 146 valence electrons. The molecule has 0 saturated carbocycles. The van der Waals surface area contributed by atoms with Crippen molar-refractivity contribution in [2.45, 2.75) is 26.9 Å². The van der Waals surface area contributed by atoms with E-state index in [0.29, 0.717) is 17.2 Å². The lowest BCUT2D eigenvalue weighted by Crippen LogP contribution is -2.30. The van der Waals surface area contributed by atoms with Gasteiger partial charge < -0.3 is 14.8 Å². The number of benzene rings is 2. The second-order valence-corrected chi connectivity index (χ2v) is 6.43. The third kappa shape index (κ3) is 4.31. The van der Waals surface area contributed by atoms with Crippen molar-refractivity contribution in [2.75, 3.05) is 12.4 Å². The highest BCUT2D eigenvalue weighted by atomic mass is 19.1. The molecule has 0 aliphatic rings. The minimum absolute atomic E-state index is 0.328. The van der Waals surface area contributed by atoms with Crippen molar-refractivity contribution >= 4 is 11.6 Å². The third-order valence-corrected chi connectivity index (χ3v) is 4.18. The maximum Gasteiger partial charge on any atom is 0.265 e. The van der Waals surface area contributed by atoms with Crippen LogP contribution >= 0.6 is 0 Å². The predicted molar refractivity (Wildman–Crippen MR) is 105 cm³/mol. The van der Waals surface area contributed by atoms with Crippen LogP contribution in [-0.2, 0) is 4.79 Å². The summed E-state index contributed by atoms with van der Waals surface area (Å²) in [4.78, 5) is 12.4. The first-order valence-electron chi connectivity index (χ1n) is 8.82. The van der Waals surface area contributed by atoms with Gasteiger partial charge in [0.15, 0.2) is 6.10 Å². The Labute approximate surface area is 162 Å². The highest BCUT2D eigenvalue weighted by molar-refractivity contribution is 5.94. The summed E-state index contributed by atoms with van der Waals surface area (Å²) >= 11 is 0. The summed E-state index contributed by atoms with van der Waals surface area (Å²) in [5.41, 5.74) is 3.24. The van der Waals surface area contributed by atoms with E-state index < -0.39 is 6.10 Å². The molecule has 1 heterocycles. The van der Waals surface area contributed by atoms with Crippen molar-refractivity contribution < 1.29 is 18.7 Å². The van der Waals surface area contributed by atoms with E-state index in [0.717, 1.165) is 17.1 Å². The van der Waals surface area contributed by atoms with Gasteiger partial charge in [-0.15, -0.1) is 0 Å². The van der Waals surface area contributed by atoms with Crippen LogP contribution < -0.4 is 14.8 Å². The number of ether oxygens (including phenoxy) is 2. The van der Waals surface area contributed by atoms with E-state index >= 15 is 0 Å². The summed E-state index contributed by atoms with van der Waals surface area (Å²) < 4.78 is 25.8. The summed E-state index contributed by atoms with van der Waals surface area (Å²) in [6, 6.07) is 12.8. The lowest BCUT2D eigenvalue weighted by Gasteiger charge is -2.16. The molecule has 1 N–H and O–H groups in total. The molecule has 0 bridgehead atoms. The van der Waals surface area contributed by atoms with E-state index in [2.05, 4.69) is 10.4 Å². The fraction of sp³-hybridized carbons (Fsp3) is 0.238. The highest BCUT2D eigenvalue weighted by Gasteiger charge is 2.17. The standard InChI is InChI=1S/C21H22FN3O3/c1-13-11-14(2)25(24-13)19-10-7-17(12-20(19)27-4)23-21(26)15(3)28-18-8-5-16(22)6-9-18/h5-12,15H,1-4H3,(H,23,26)/t15-/m1/s1. The monoisotopic (exact) mass is 383 g/mol. The van der Waals surface area contributed by atoms with Crippen LogP contribution in [0.2, 0.25) is 0 Å². The van der Waals surface area contributed by atoms with Gasteiger partial charge in [0.05, 0.1) is 12.8 Å². The molecule has 2 aromatic carbocycles. The summed E-state index contributed by atoms with van der Waals surface area (Å²) in [6.07, 6.45) is -0.757. The van der Waals surface area contributed by atoms with E-state index in [4.69, 9.17) is 9.47 Å². The summed E-state index contributed by atoms with van der Waals surface area (Å²) in [7, 11) is 1.57. The number of aromatic nitrogens is 2. The minimum Gasteiger partial charge on any atom is -0.494 e. The maximum absolute atomic E-state index is 13.0. The SMILES string of the molecule is COc1cc(NC(=O)[C@@H](C)Oc2ccc(F)cc2)ccc1-n1nc(C)cc1C. The van der Waals surface area contributed by atoms with E-state index in [1.807, 2.05) is 26.0 Å². The van der Waals surface area contributed by atoms with Gasteiger partial charge in [0, 0.05) is 17.4 Å². The molecule has 0 spiro atoms. The van der Waals surface area contributed by atoms with Crippen LogP contribution in [0, 0.1) is 19.7 Å². The number of rotatable bonds is 6. The van der Waals surface area contributed by atoms with Gasteiger partial charge >= 0.3 is 0 Å². The van der Waals surface area contributed by atoms with Crippen LogP contribution in [0.5, 0.6) is 11.5 Å². The summed E-state index contributed by atoms with van der Waals surface area (Å²) in [6.45, 7) is 5.51. The van der Waals surface area contributed by atoms with Crippen molar-refractivity contribution in [1.82, 2.24) is 9.78 Å². The second-order valence-electron chi connectivity index (χ2n) is 6.43. The van der Waals surface area contributed by atoms with Crippen LogP contribution in [0.1, 0.15) is 18.3 Å². The van der Waals surface area contributed by atoms with E-state index in [1.165, 1.54) is 24.3 Å². The number of hydrogen-bond acceptors (Lipinski definition) is 4. The molecule has 0 saturated heterocycles. The topological polar surface area (TPSA) is 65.4 Å². The highest BCUT2D eigenvalue weighted by Crippen LogP contribution is 2.28. The first kappa shape index (κ1) is 19.4. The number of halogens is 1. The smallest absolute Gasteiger partial charge is 0.265 e. The van der Waals surface area contributed by atoms with Crippen molar-refractivity contribution in [1.29, 1.82) is 0 Å². The summed E-state index contributed by atoms with van der Waals surface area (Å²) in [5, 5.41) is 7.26. The number of carbonyl (C=O) groups excluding carboxylic acids is 1. The van der Waals surface area contributed by atoms with Gasteiger partial charge in [-0.05, 0) is 63.2 Å². The number of methoxy groups -OCH3 is 1. The zero-order valence-electron chi connectivity index (χ0n) is 16.2. The lowest BCUT2D eigenvalue weighted by atomic mass is 10.2. The number of hydrogen-bond donors (Lipinski definition) is 1. The lowest BCUT2D eigenvalue weighted by molar-refractivity contribution is -0.122. The van der Waals surface area contributed by atoms with Crippen molar-refractivity contribution in [3.63, 3.8) is 0 Å². The Morgan fingerprint density at radius 3 is 2.46 bits per heavy atom. The molecule has 1 amide bonds. The average molecular weight is 383 g/mol. The zero-order valence-corrected chi connectivity index (χ0v) is 16.2. The molecule has 7 heteroatoms. The Bertz CT molecular complexity index is 983. The molecule has 0 aliphatic carbocycles. The first-order valence-corrected chi connectivity index (χ1v) is 8.82. The number of nitrogens with zero attached hydrogens (tertiary/aromatic N) is 2. The Morgan fingerprint density at radius 2 is 1.86 bits per heavy atom. The van der Waals surface area contributed by atoms with Crippen molar-refractivity contribution in [2.24, 2.45) is 0 Å². The van der Waals surface area contributed by atoms with Crippen LogP contribution in [0.3, 0.4) is 0 Å². The van der Waals surface area contributed by atoms with Gasteiger partial charge in [-0.2, -0.15) is 5.10 Å². The largest absolute Gasteiger partial charge is 0.494 e. The Hall–Kier alpha value is -3.35. The number of anilines is 1. The number of amides is 1. The zero-order chi connectivity index (χ0) is 20.3. The van der Waals surface area contributed by atoms with Gasteiger partial charge in [0.2, 0.25) is 0 Å². The van der Waals surface area contributed by atoms with Gasteiger partial charge in [-0.3, -0.25) is 4.79 Å². The van der Waals surface area contributed by atoms with Gasteiger partial charge in [0.1, 0.15) is 23.0 Å². The minimum atomic E-state index is -0.757. The fourth-order valence-corrected chi connectivity index (χ4v) is 2.82. The molecular weight excluding hydrogens is 361 g/mol. The van der Waals surface area contributed by atoms with E-state index in [9.17, 15) is 9.18 Å². The maximum atomic E-state index is 13.0. The fourth-order valence-electron chi connectivity index (χ4n) is 2.82. The van der Waals surface area contributed by atoms with Gasteiger partial charge in [-0.1, -0.05) is 0 Å². The quantitative estimate of drug-likeness (QED) is 0.698. The average Bonchev–Trinajstić information content (AvgIpc) is 3.01. The van der Waals surface area contributed by atoms with Crippen LogP contribution in [0.4, 0.5) is 10.1 Å². The number of carbonyl (C=O) groups is 1. The molecule has 0 unspecified atom stereocenters. The van der Waals surface area contributed by atoms with Crippen molar-refractivity contribution in [3.8, 4) is 17.2 Å². The Kier molecular flexibility index (Phi) is 5.63. The Balaban J connectivity index is 1.74. The molecule has 28 heavy (non-hydrogen) atoms. The molecule has 0 radical (unpaired) electrons. The second kappa shape index (κ2) is 8.12. The van der Waals surface area contributed by atoms with Gasteiger partial charge in [0.25, 0.3) is 5.91 Å². The number of aryl methyl sites for hydroxylation is 2. The molecular formula is C21H22FN3O3. The molecule has 0 aliphatic heterocycles. The molecule has 6 nitrogen and oxygen atoms in total. The third-order valence-electron chi connectivity index (χ3n) is 4.18. The van der Waals surface area contributed by atoms with Crippen LogP contribution in [0.15, 0.2) is 48.5 Å². The van der Waals surface area contributed by atoms with Gasteiger partial charge in [-0.25, -0.2) is 9.07 Å². The number of nitrogens with one attached hydrogen (secondary N) is 1. The normalized spacial score (nSPS) is 11.8. The van der Waals surface area contributed by atoms with Crippen LogP contribution in [-0.4, -0.2) is 28.9 Å². The molecule has 3 aromatic rings. The molecule has 1 atom stereocenters. The first-order chi connectivity index (χ1) is 13.4. The van der Waals surface area contributed by atoms with Crippen LogP contribution in [0.25, 0.3) is 5.69 Å². The molecule has 1 aromatic heterocycles. The van der Waals surface area contributed by atoms with E-state index in [-0.39, 0.29) is 11.7 Å². The summed E-state index contributed by atoms with van der Waals surface area (Å²) in [5.74, 6) is 0.308. The molecule has 3 rings (SSSR count). The predicted octanol–water partition coefficient (Wildman–Crippen LogP) is 4.04. The molecule has 0 fully saturated rings. The van der Waals surface area contributed by atoms with Crippen molar-refractivity contribution in [3.05, 3.63) is 65.7 Å².